The van der Waals surface area contributed by atoms with Crippen LogP contribution < -0.4 is 0 Å². The Balaban J connectivity index is 4.54. The first-order valence-electron chi connectivity index (χ1n) is 6.44. The third-order valence-corrected chi connectivity index (χ3v) is 7.53. The zero-order chi connectivity index (χ0) is 11.7. The van der Waals surface area contributed by atoms with E-state index in [4.69, 9.17) is 8.85 Å². The zero-order valence-corrected chi connectivity index (χ0v) is 12.1. The highest BCUT2D eigenvalue weighted by atomic mass is 28.4. The molecule has 0 aliphatic rings. The fraction of sp³-hybridized carbons (Fsp3) is 1.00. The van der Waals surface area contributed by atoms with Crippen LogP contribution >= 0.6 is 0 Å². The van der Waals surface area contributed by atoms with Gasteiger partial charge in [-0.2, -0.15) is 0 Å². The first kappa shape index (κ1) is 15.1. The fourth-order valence-electron chi connectivity index (χ4n) is 1.94. The van der Waals surface area contributed by atoms with E-state index in [1.807, 2.05) is 0 Å². The minimum atomic E-state index is -1.92. The Morgan fingerprint density at radius 1 is 1.00 bits per heavy atom. The Morgan fingerprint density at radius 2 is 1.53 bits per heavy atom. The highest BCUT2D eigenvalue weighted by Crippen LogP contribution is 2.32. The van der Waals surface area contributed by atoms with E-state index < -0.39 is 8.56 Å². The molecule has 0 bridgehead atoms. The number of hydrogen-bond acceptors (Lipinski definition) is 2. The molecular formula is C12H28O2Si. The Labute approximate surface area is 96.6 Å². The summed E-state index contributed by atoms with van der Waals surface area (Å²) in [5, 5.41) is 0. The van der Waals surface area contributed by atoms with Crippen LogP contribution in [0.25, 0.3) is 0 Å². The molecule has 0 saturated carbocycles. The second-order valence-electron chi connectivity index (χ2n) is 4.09. The van der Waals surface area contributed by atoms with Gasteiger partial charge in [0.25, 0.3) is 0 Å². The maximum Gasteiger partial charge on any atom is 0.341 e. The highest BCUT2D eigenvalue weighted by Gasteiger charge is 2.41. The minimum absolute atomic E-state index is 0.601. The summed E-state index contributed by atoms with van der Waals surface area (Å²) in [6, 6.07) is 1.15. The van der Waals surface area contributed by atoms with Crippen LogP contribution in [-0.2, 0) is 8.85 Å². The number of unbranched alkanes of at least 4 members (excludes halogenated alkanes) is 1. The first-order valence-corrected chi connectivity index (χ1v) is 8.54. The molecule has 0 aromatic carbocycles. The summed E-state index contributed by atoms with van der Waals surface area (Å²) in [5.74, 6) is 0. The van der Waals surface area contributed by atoms with Gasteiger partial charge in [0.2, 0.25) is 0 Å². The largest absolute Gasteiger partial charge is 0.394 e. The second kappa shape index (κ2) is 8.31. The molecule has 0 aliphatic heterocycles. The third kappa shape index (κ3) is 4.66. The van der Waals surface area contributed by atoms with E-state index in [2.05, 4.69) is 34.6 Å². The second-order valence-corrected chi connectivity index (χ2v) is 7.78. The molecule has 0 aromatic rings. The van der Waals surface area contributed by atoms with E-state index in [1.165, 1.54) is 12.8 Å². The lowest BCUT2D eigenvalue weighted by Gasteiger charge is -2.34. The molecule has 0 heterocycles. The van der Waals surface area contributed by atoms with Gasteiger partial charge in [-0.15, -0.1) is 0 Å². The van der Waals surface area contributed by atoms with E-state index in [0.29, 0.717) is 5.54 Å². The molecule has 0 amide bonds. The van der Waals surface area contributed by atoms with Crippen molar-refractivity contribution < 1.29 is 8.85 Å². The van der Waals surface area contributed by atoms with E-state index in [-0.39, 0.29) is 0 Å². The van der Waals surface area contributed by atoms with Gasteiger partial charge in [0.05, 0.1) is 0 Å². The lowest BCUT2D eigenvalue weighted by atomic mass is 10.4. The van der Waals surface area contributed by atoms with Crippen LogP contribution in [0.2, 0.25) is 11.6 Å². The molecule has 1 unspecified atom stereocenters. The number of hydrogen-bond donors (Lipinski definition) is 0. The zero-order valence-electron chi connectivity index (χ0n) is 11.1. The van der Waals surface area contributed by atoms with Crippen LogP contribution in [0.3, 0.4) is 0 Å². The predicted octanol–water partition coefficient (Wildman–Crippen LogP) is 4.10. The summed E-state index contributed by atoms with van der Waals surface area (Å²) in [4.78, 5) is 0. The molecule has 0 saturated heterocycles. The summed E-state index contributed by atoms with van der Waals surface area (Å²) in [7, 11) is -1.92. The monoisotopic (exact) mass is 232 g/mol. The molecule has 0 N–H and O–H groups in total. The molecule has 15 heavy (non-hydrogen) atoms. The van der Waals surface area contributed by atoms with Crippen LogP contribution in [0.4, 0.5) is 0 Å². The van der Waals surface area contributed by atoms with E-state index >= 15 is 0 Å². The summed E-state index contributed by atoms with van der Waals surface area (Å²) in [5.41, 5.74) is 0.601. The molecule has 0 aromatic heterocycles. The van der Waals surface area contributed by atoms with Gasteiger partial charge in [0, 0.05) is 13.2 Å². The van der Waals surface area contributed by atoms with Crippen molar-refractivity contribution in [2.75, 3.05) is 13.2 Å². The summed E-state index contributed by atoms with van der Waals surface area (Å²) in [6.07, 6.45) is 3.62. The van der Waals surface area contributed by atoms with E-state index in [0.717, 1.165) is 25.7 Å². The molecule has 92 valence electrons. The number of rotatable bonds is 9. The summed E-state index contributed by atoms with van der Waals surface area (Å²) < 4.78 is 12.1. The van der Waals surface area contributed by atoms with Gasteiger partial charge >= 0.3 is 8.56 Å². The lowest BCUT2D eigenvalue weighted by Crippen LogP contribution is -2.46. The van der Waals surface area contributed by atoms with E-state index in [1.54, 1.807) is 0 Å². The Hall–Kier alpha value is 0.137. The molecule has 0 radical (unpaired) electrons. The van der Waals surface area contributed by atoms with E-state index in [9.17, 15) is 0 Å². The molecular weight excluding hydrogens is 204 g/mol. The van der Waals surface area contributed by atoms with Crippen LogP contribution in [0.5, 0.6) is 0 Å². The van der Waals surface area contributed by atoms with Gasteiger partial charge in [0.15, 0.2) is 0 Å². The fourth-order valence-corrected chi connectivity index (χ4v) is 5.82. The van der Waals surface area contributed by atoms with Crippen molar-refractivity contribution in [1.29, 1.82) is 0 Å². The van der Waals surface area contributed by atoms with Gasteiger partial charge in [0.1, 0.15) is 0 Å². The maximum absolute atomic E-state index is 6.04. The molecule has 0 fully saturated rings. The molecule has 0 aliphatic carbocycles. The Morgan fingerprint density at radius 3 is 1.87 bits per heavy atom. The van der Waals surface area contributed by atoms with Crippen molar-refractivity contribution in [3.63, 3.8) is 0 Å². The van der Waals surface area contributed by atoms with Gasteiger partial charge < -0.3 is 8.85 Å². The molecule has 3 heteroatoms. The van der Waals surface area contributed by atoms with Gasteiger partial charge in [-0.25, -0.2) is 0 Å². The van der Waals surface area contributed by atoms with Crippen LogP contribution in [-0.4, -0.2) is 21.8 Å². The van der Waals surface area contributed by atoms with Gasteiger partial charge in [-0.1, -0.05) is 40.0 Å². The topological polar surface area (TPSA) is 18.5 Å². The third-order valence-electron chi connectivity index (χ3n) is 3.02. The van der Waals surface area contributed by atoms with Gasteiger partial charge in [-0.05, 0) is 25.4 Å². The van der Waals surface area contributed by atoms with Crippen LogP contribution in [0.15, 0.2) is 0 Å². The SMILES string of the molecule is CCCC[Si](OCC)(OCC)C(C)CC. The molecule has 0 spiro atoms. The molecule has 2 nitrogen and oxygen atoms in total. The van der Waals surface area contributed by atoms with Crippen LogP contribution in [0.1, 0.15) is 53.9 Å². The standard InChI is InChI=1S/C12H28O2Si/c1-6-10-11-15(13-8-3,14-9-4)12(5)7-2/h12H,6-11H2,1-5H3. The summed E-state index contributed by atoms with van der Waals surface area (Å²) in [6.45, 7) is 12.5. The van der Waals surface area contributed by atoms with Crippen molar-refractivity contribution in [3.05, 3.63) is 0 Å². The maximum atomic E-state index is 6.04. The quantitative estimate of drug-likeness (QED) is 0.557. The van der Waals surface area contributed by atoms with Gasteiger partial charge in [-0.3, -0.25) is 0 Å². The molecule has 1 atom stereocenters. The minimum Gasteiger partial charge on any atom is -0.394 e. The summed E-state index contributed by atoms with van der Waals surface area (Å²) >= 11 is 0. The predicted molar refractivity (Wildman–Crippen MR) is 68.4 cm³/mol. The lowest BCUT2D eigenvalue weighted by molar-refractivity contribution is 0.171. The van der Waals surface area contributed by atoms with Crippen molar-refractivity contribution in [1.82, 2.24) is 0 Å². The average molecular weight is 232 g/mol. The van der Waals surface area contributed by atoms with Crippen molar-refractivity contribution in [2.24, 2.45) is 0 Å². The van der Waals surface area contributed by atoms with Crippen molar-refractivity contribution in [3.8, 4) is 0 Å². The van der Waals surface area contributed by atoms with Crippen LogP contribution in [0, 0.1) is 0 Å². The average Bonchev–Trinajstić information content (AvgIpc) is 2.25. The molecule has 0 rings (SSSR count). The Kier molecular flexibility index (Phi) is 8.38. The highest BCUT2D eigenvalue weighted by molar-refractivity contribution is 6.68. The first-order chi connectivity index (χ1) is 7.16. The smallest absolute Gasteiger partial charge is 0.341 e. The van der Waals surface area contributed by atoms with Crippen molar-refractivity contribution in [2.45, 2.75) is 65.5 Å². The Bertz CT molecular complexity index is 145. The van der Waals surface area contributed by atoms with Crippen molar-refractivity contribution >= 4 is 8.56 Å². The normalized spacial score (nSPS) is 14.2.